The number of rotatable bonds is 5. The maximum Gasteiger partial charge on any atom is 0.260 e. The third kappa shape index (κ3) is 5.29. The quantitative estimate of drug-likeness (QED) is 0.880. The second kappa shape index (κ2) is 8.41. The lowest BCUT2D eigenvalue weighted by atomic mass is 10.0. The number of halogens is 2. The number of nitrogens with zero attached hydrogens (tertiary/aromatic N) is 1. The molecule has 1 heterocycles. The Morgan fingerprint density at radius 3 is 2.61 bits per heavy atom. The van der Waals surface area contributed by atoms with Gasteiger partial charge in [0, 0.05) is 30.6 Å². The fraction of sp³-hybridized carbons (Fsp3) is 0.500. The minimum Gasteiger partial charge on any atom is -0.482 e. The van der Waals surface area contributed by atoms with Gasteiger partial charge in [0.15, 0.2) is 6.61 Å². The molecule has 0 atom stereocenters. The van der Waals surface area contributed by atoms with E-state index in [0.717, 1.165) is 12.8 Å². The Morgan fingerprint density at radius 1 is 1.30 bits per heavy atom. The first kappa shape index (κ1) is 17.9. The lowest BCUT2D eigenvalue weighted by Gasteiger charge is -2.32. The molecule has 1 aromatic carbocycles. The molecule has 1 saturated heterocycles. The largest absolute Gasteiger partial charge is 0.482 e. The summed E-state index contributed by atoms with van der Waals surface area (Å²) in [6, 6.07) is 5.03. The maximum atomic E-state index is 12.2. The molecule has 0 aromatic heterocycles. The average molecular weight is 359 g/mol. The van der Waals surface area contributed by atoms with Gasteiger partial charge in [0.05, 0.1) is 5.02 Å². The molecule has 1 aliphatic heterocycles. The number of carbonyl (C=O) groups is 2. The summed E-state index contributed by atoms with van der Waals surface area (Å²) in [7, 11) is 0. The van der Waals surface area contributed by atoms with Gasteiger partial charge in [0.25, 0.3) is 5.91 Å². The van der Waals surface area contributed by atoms with Gasteiger partial charge in [-0.1, -0.05) is 30.1 Å². The van der Waals surface area contributed by atoms with E-state index in [9.17, 15) is 9.59 Å². The monoisotopic (exact) mass is 358 g/mol. The number of piperidine rings is 1. The molecular weight excluding hydrogens is 339 g/mol. The van der Waals surface area contributed by atoms with Crippen molar-refractivity contribution in [2.75, 3.05) is 19.7 Å². The molecule has 2 rings (SSSR count). The van der Waals surface area contributed by atoms with Crippen molar-refractivity contribution in [1.82, 2.24) is 10.2 Å². The maximum absolute atomic E-state index is 12.2. The van der Waals surface area contributed by atoms with Gasteiger partial charge < -0.3 is 15.0 Å². The zero-order valence-corrected chi connectivity index (χ0v) is 14.5. The van der Waals surface area contributed by atoms with Crippen LogP contribution in [0.1, 0.15) is 26.2 Å². The molecule has 1 fully saturated rings. The van der Waals surface area contributed by atoms with E-state index < -0.39 is 0 Å². The minimum atomic E-state index is -0.0868. The van der Waals surface area contributed by atoms with Gasteiger partial charge in [-0.2, -0.15) is 0 Å². The van der Waals surface area contributed by atoms with E-state index >= 15 is 0 Å². The Balaban J connectivity index is 1.78. The fourth-order valence-corrected chi connectivity index (χ4v) is 2.89. The minimum absolute atomic E-state index is 0.0514. The van der Waals surface area contributed by atoms with Crippen LogP contribution >= 0.6 is 23.2 Å². The normalized spacial score (nSPS) is 15.3. The van der Waals surface area contributed by atoms with Crippen molar-refractivity contribution in [2.24, 2.45) is 0 Å². The highest BCUT2D eigenvalue weighted by atomic mass is 35.5. The Labute approximate surface area is 145 Å². The number of carbonyl (C=O) groups excluding carboxylic acids is 2. The van der Waals surface area contributed by atoms with Crippen LogP contribution in [0.5, 0.6) is 5.75 Å². The molecule has 0 bridgehead atoms. The molecule has 126 valence electrons. The first-order chi connectivity index (χ1) is 11.0. The average Bonchev–Trinajstić information content (AvgIpc) is 2.54. The SMILES string of the molecule is CCC(=O)NC1CCN(C(=O)COc2ccc(Cl)cc2Cl)CC1. The van der Waals surface area contributed by atoms with Gasteiger partial charge in [-0.15, -0.1) is 0 Å². The highest BCUT2D eigenvalue weighted by molar-refractivity contribution is 6.35. The van der Waals surface area contributed by atoms with Crippen LogP contribution in [0, 0.1) is 0 Å². The Kier molecular flexibility index (Phi) is 6.54. The van der Waals surface area contributed by atoms with Crippen LogP contribution in [0.2, 0.25) is 10.0 Å². The van der Waals surface area contributed by atoms with Crippen molar-refractivity contribution >= 4 is 35.0 Å². The van der Waals surface area contributed by atoms with Crippen LogP contribution in [0.15, 0.2) is 18.2 Å². The molecule has 1 aromatic rings. The summed E-state index contributed by atoms with van der Waals surface area (Å²) in [6.45, 7) is 3.00. The van der Waals surface area contributed by atoms with Crippen LogP contribution in [-0.4, -0.2) is 42.5 Å². The smallest absolute Gasteiger partial charge is 0.260 e. The number of amides is 2. The van der Waals surface area contributed by atoms with E-state index in [1.165, 1.54) is 0 Å². The van der Waals surface area contributed by atoms with Gasteiger partial charge in [0.2, 0.25) is 5.91 Å². The van der Waals surface area contributed by atoms with E-state index in [-0.39, 0.29) is 24.5 Å². The molecule has 1 aliphatic rings. The number of likely N-dealkylation sites (tertiary alicyclic amines) is 1. The predicted molar refractivity (Wildman–Crippen MR) is 90.0 cm³/mol. The summed E-state index contributed by atoms with van der Waals surface area (Å²) in [5, 5.41) is 3.86. The van der Waals surface area contributed by atoms with E-state index in [2.05, 4.69) is 5.32 Å². The number of hydrogen-bond donors (Lipinski definition) is 1. The molecule has 0 saturated carbocycles. The number of ether oxygens (including phenoxy) is 1. The Bertz CT molecular complexity index is 572. The van der Waals surface area contributed by atoms with Crippen molar-refractivity contribution in [2.45, 2.75) is 32.2 Å². The zero-order valence-electron chi connectivity index (χ0n) is 13.0. The Morgan fingerprint density at radius 2 is 2.00 bits per heavy atom. The van der Waals surface area contributed by atoms with Crippen LogP contribution in [0.3, 0.4) is 0 Å². The molecule has 2 amide bonds. The molecule has 23 heavy (non-hydrogen) atoms. The summed E-state index contributed by atoms with van der Waals surface area (Å²) < 4.78 is 5.46. The van der Waals surface area contributed by atoms with Crippen LogP contribution in [0.4, 0.5) is 0 Å². The molecule has 0 unspecified atom stereocenters. The summed E-state index contributed by atoms with van der Waals surface area (Å²) >= 11 is 11.8. The third-order valence-electron chi connectivity index (χ3n) is 3.78. The second-order valence-electron chi connectivity index (χ2n) is 5.44. The van der Waals surface area contributed by atoms with Gasteiger partial charge in [-0.3, -0.25) is 9.59 Å². The van der Waals surface area contributed by atoms with Crippen LogP contribution < -0.4 is 10.1 Å². The molecule has 0 radical (unpaired) electrons. The van der Waals surface area contributed by atoms with Gasteiger partial charge >= 0.3 is 0 Å². The number of nitrogens with one attached hydrogen (secondary N) is 1. The molecule has 5 nitrogen and oxygen atoms in total. The van der Waals surface area contributed by atoms with E-state index in [1.807, 2.05) is 6.92 Å². The van der Waals surface area contributed by atoms with E-state index in [0.29, 0.717) is 35.3 Å². The molecule has 0 spiro atoms. The van der Waals surface area contributed by atoms with Crippen molar-refractivity contribution in [3.63, 3.8) is 0 Å². The molecular formula is C16H20Cl2N2O3. The third-order valence-corrected chi connectivity index (χ3v) is 4.31. The summed E-state index contributed by atoms with van der Waals surface area (Å²) in [5.74, 6) is 0.404. The summed E-state index contributed by atoms with van der Waals surface area (Å²) in [6.07, 6.45) is 2.01. The van der Waals surface area contributed by atoms with E-state index in [1.54, 1.807) is 23.1 Å². The van der Waals surface area contributed by atoms with Crippen LogP contribution in [-0.2, 0) is 9.59 Å². The standard InChI is InChI=1S/C16H20Cl2N2O3/c1-2-15(21)19-12-5-7-20(8-6-12)16(22)10-23-14-4-3-11(17)9-13(14)18/h3-4,9,12H,2,5-8,10H2,1H3,(H,19,21). The molecule has 1 N–H and O–H groups in total. The summed E-state index contributed by atoms with van der Waals surface area (Å²) in [4.78, 5) is 25.3. The van der Waals surface area contributed by atoms with Gasteiger partial charge in [-0.05, 0) is 31.0 Å². The zero-order chi connectivity index (χ0) is 16.8. The van der Waals surface area contributed by atoms with Gasteiger partial charge in [-0.25, -0.2) is 0 Å². The molecule has 7 heteroatoms. The predicted octanol–water partition coefficient (Wildman–Crippen LogP) is 2.89. The highest BCUT2D eigenvalue weighted by Gasteiger charge is 2.23. The topological polar surface area (TPSA) is 58.6 Å². The van der Waals surface area contributed by atoms with E-state index in [4.69, 9.17) is 27.9 Å². The lowest BCUT2D eigenvalue weighted by molar-refractivity contribution is -0.134. The summed E-state index contributed by atoms with van der Waals surface area (Å²) in [5.41, 5.74) is 0. The number of benzene rings is 1. The van der Waals surface area contributed by atoms with Crippen molar-refractivity contribution < 1.29 is 14.3 Å². The number of hydrogen-bond acceptors (Lipinski definition) is 3. The fourth-order valence-electron chi connectivity index (χ4n) is 2.43. The first-order valence-electron chi connectivity index (χ1n) is 7.64. The highest BCUT2D eigenvalue weighted by Crippen LogP contribution is 2.27. The lowest BCUT2D eigenvalue weighted by Crippen LogP contribution is -2.47. The molecule has 0 aliphatic carbocycles. The second-order valence-corrected chi connectivity index (χ2v) is 6.28. The Hall–Kier alpha value is -1.46. The van der Waals surface area contributed by atoms with Crippen molar-refractivity contribution in [1.29, 1.82) is 0 Å². The van der Waals surface area contributed by atoms with Crippen molar-refractivity contribution in [3.8, 4) is 5.75 Å². The van der Waals surface area contributed by atoms with Crippen LogP contribution in [0.25, 0.3) is 0 Å². The van der Waals surface area contributed by atoms with Gasteiger partial charge in [0.1, 0.15) is 5.75 Å². The first-order valence-corrected chi connectivity index (χ1v) is 8.40. The van der Waals surface area contributed by atoms with Crippen molar-refractivity contribution in [3.05, 3.63) is 28.2 Å².